The third kappa shape index (κ3) is 9.90. The summed E-state index contributed by atoms with van der Waals surface area (Å²) in [5, 5.41) is 9.56. The van der Waals surface area contributed by atoms with Gasteiger partial charge in [0.2, 0.25) is 0 Å². The maximum atomic E-state index is 11.8. The Balaban J connectivity index is 2.00. The van der Waals surface area contributed by atoms with Crippen LogP contribution in [-0.4, -0.2) is 17.0 Å². The summed E-state index contributed by atoms with van der Waals surface area (Å²) < 4.78 is 4.77. The first-order valence-electron chi connectivity index (χ1n) is 9.68. The smallest absolute Gasteiger partial charge is 0.349 e. The Kier molecular flexibility index (Phi) is 11.4. The van der Waals surface area contributed by atoms with Gasteiger partial charge in [0, 0.05) is 6.42 Å². The van der Waals surface area contributed by atoms with Crippen molar-refractivity contribution >= 4 is 11.9 Å². The lowest BCUT2D eigenvalue weighted by Crippen LogP contribution is -2.12. The van der Waals surface area contributed by atoms with E-state index in [0.717, 1.165) is 19.3 Å². The van der Waals surface area contributed by atoms with Crippen molar-refractivity contribution in [1.29, 1.82) is 0 Å². The molecule has 0 atom stereocenters. The van der Waals surface area contributed by atoms with Crippen LogP contribution in [0.2, 0.25) is 0 Å². The number of hydrogen-bond acceptors (Lipinski definition) is 4. The molecule has 0 radical (unpaired) electrons. The fourth-order valence-corrected chi connectivity index (χ4v) is 2.79. The summed E-state index contributed by atoms with van der Waals surface area (Å²) in [6.07, 6.45) is 13.6. The third-order valence-corrected chi connectivity index (χ3v) is 4.31. The highest BCUT2D eigenvalue weighted by Gasteiger charge is 2.15. The van der Waals surface area contributed by atoms with Crippen molar-refractivity contribution in [1.82, 2.24) is 0 Å². The Morgan fingerprint density at radius 2 is 1.36 bits per heavy atom. The van der Waals surface area contributed by atoms with Gasteiger partial charge in [-0.2, -0.15) is 0 Å². The molecular weight excluding hydrogens is 316 g/mol. The largest absolute Gasteiger partial charge is 0.507 e. The predicted molar refractivity (Wildman–Crippen MR) is 99.6 cm³/mol. The summed E-state index contributed by atoms with van der Waals surface area (Å²) in [7, 11) is 0. The minimum absolute atomic E-state index is 0.0230. The molecule has 1 N–H and O–H groups in total. The lowest BCUT2D eigenvalue weighted by Gasteiger charge is -2.05. The Morgan fingerprint density at radius 3 is 1.92 bits per heavy atom. The molecule has 0 aromatic heterocycles. The Hall–Kier alpha value is -1.84. The summed E-state index contributed by atoms with van der Waals surface area (Å²) >= 11 is 0. The van der Waals surface area contributed by atoms with E-state index in [1.807, 2.05) is 0 Å². The zero-order valence-electron chi connectivity index (χ0n) is 15.5. The molecule has 0 spiro atoms. The average molecular weight is 348 g/mol. The van der Waals surface area contributed by atoms with Gasteiger partial charge in [-0.25, -0.2) is 4.79 Å². The number of para-hydroxylation sites is 1. The van der Waals surface area contributed by atoms with E-state index in [-0.39, 0.29) is 17.7 Å². The lowest BCUT2D eigenvalue weighted by molar-refractivity contribution is -0.138. The molecule has 0 fully saturated rings. The van der Waals surface area contributed by atoms with Crippen LogP contribution in [-0.2, 0) is 9.53 Å². The number of esters is 2. The quantitative estimate of drug-likeness (QED) is 0.279. The summed E-state index contributed by atoms with van der Waals surface area (Å²) in [6.45, 7) is 2.23. The third-order valence-electron chi connectivity index (χ3n) is 4.31. The number of phenolic OH excluding ortho intramolecular Hbond substituents is 1. The number of unbranched alkanes of at least 4 members (excludes halogenated alkanes) is 10. The first-order valence-corrected chi connectivity index (χ1v) is 9.68. The maximum Gasteiger partial charge on any atom is 0.349 e. The van der Waals surface area contributed by atoms with Gasteiger partial charge in [0.15, 0.2) is 0 Å². The number of hydrogen-bond donors (Lipinski definition) is 1. The van der Waals surface area contributed by atoms with E-state index >= 15 is 0 Å². The molecule has 0 amide bonds. The average Bonchev–Trinajstić information content (AvgIpc) is 2.60. The zero-order valence-corrected chi connectivity index (χ0v) is 15.5. The number of aromatic hydroxyl groups is 1. The van der Waals surface area contributed by atoms with E-state index < -0.39 is 11.9 Å². The fraction of sp³-hybridized carbons (Fsp3) is 0.619. The molecule has 0 aliphatic heterocycles. The van der Waals surface area contributed by atoms with Crippen molar-refractivity contribution in [3.8, 4) is 5.75 Å². The highest BCUT2D eigenvalue weighted by Crippen LogP contribution is 2.17. The van der Waals surface area contributed by atoms with Gasteiger partial charge in [-0.1, -0.05) is 83.3 Å². The molecule has 4 heteroatoms. The van der Waals surface area contributed by atoms with Gasteiger partial charge in [-0.05, 0) is 18.6 Å². The van der Waals surface area contributed by atoms with Crippen LogP contribution in [0.25, 0.3) is 0 Å². The normalized spacial score (nSPS) is 10.6. The first-order chi connectivity index (χ1) is 12.1. The molecule has 0 heterocycles. The monoisotopic (exact) mass is 348 g/mol. The van der Waals surface area contributed by atoms with Crippen molar-refractivity contribution in [2.24, 2.45) is 0 Å². The van der Waals surface area contributed by atoms with Crippen molar-refractivity contribution in [3.63, 3.8) is 0 Å². The number of phenols is 1. The second kappa shape index (κ2) is 13.5. The minimum Gasteiger partial charge on any atom is -0.507 e. The van der Waals surface area contributed by atoms with Gasteiger partial charge < -0.3 is 9.84 Å². The zero-order chi connectivity index (χ0) is 18.3. The van der Waals surface area contributed by atoms with Crippen LogP contribution in [0, 0.1) is 0 Å². The molecule has 4 nitrogen and oxygen atoms in total. The number of carbonyl (C=O) groups is 2. The van der Waals surface area contributed by atoms with E-state index in [9.17, 15) is 14.7 Å². The van der Waals surface area contributed by atoms with Crippen LogP contribution in [0.15, 0.2) is 24.3 Å². The Bertz CT molecular complexity index is 510. The van der Waals surface area contributed by atoms with E-state index in [4.69, 9.17) is 4.74 Å². The highest BCUT2D eigenvalue weighted by molar-refractivity contribution is 5.98. The van der Waals surface area contributed by atoms with E-state index in [2.05, 4.69) is 6.92 Å². The SMILES string of the molecule is CCCCCCCCCCCCCC(=O)OC(=O)c1ccccc1O. The Morgan fingerprint density at radius 1 is 0.840 bits per heavy atom. The standard InChI is InChI=1S/C21H32O4/c1-2-3-4-5-6-7-8-9-10-11-12-17-20(23)25-21(24)18-15-13-14-16-19(18)22/h13-16,22H,2-12,17H2,1H3. The van der Waals surface area contributed by atoms with Crippen molar-refractivity contribution < 1.29 is 19.4 Å². The molecule has 1 aromatic carbocycles. The van der Waals surface area contributed by atoms with Crippen LogP contribution in [0.5, 0.6) is 5.75 Å². The van der Waals surface area contributed by atoms with Crippen LogP contribution in [0.3, 0.4) is 0 Å². The second-order valence-electron chi connectivity index (χ2n) is 6.56. The molecule has 0 aliphatic carbocycles. The van der Waals surface area contributed by atoms with Crippen LogP contribution < -0.4 is 0 Å². The maximum absolute atomic E-state index is 11.8. The summed E-state index contributed by atoms with van der Waals surface area (Å²) in [5.74, 6) is -1.48. The van der Waals surface area contributed by atoms with Crippen molar-refractivity contribution in [3.05, 3.63) is 29.8 Å². The lowest BCUT2D eigenvalue weighted by atomic mass is 10.1. The van der Waals surface area contributed by atoms with E-state index in [0.29, 0.717) is 0 Å². The molecule has 140 valence electrons. The first kappa shape index (κ1) is 21.2. The van der Waals surface area contributed by atoms with Gasteiger partial charge in [-0.15, -0.1) is 0 Å². The number of ether oxygens (including phenoxy) is 1. The van der Waals surface area contributed by atoms with E-state index in [1.54, 1.807) is 12.1 Å². The number of carbonyl (C=O) groups excluding carboxylic acids is 2. The van der Waals surface area contributed by atoms with Gasteiger partial charge >= 0.3 is 11.9 Å². The molecule has 0 unspecified atom stereocenters. The molecule has 0 saturated heterocycles. The van der Waals surface area contributed by atoms with Gasteiger partial charge in [0.05, 0.1) is 0 Å². The van der Waals surface area contributed by atoms with Gasteiger partial charge in [0.25, 0.3) is 0 Å². The minimum atomic E-state index is -0.786. The highest BCUT2D eigenvalue weighted by atomic mass is 16.6. The number of benzene rings is 1. The molecule has 1 aromatic rings. The molecule has 25 heavy (non-hydrogen) atoms. The fourth-order valence-electron chi connectivity index (χ4n) is 2.79. The van der Waals surface area contributed by atoms with Crippen molar-refractivity contribution in [2.45, 2.75) is 84.0 Å². The van der Waals surface area contributed by atoms with Crippen LogP contribution in [0.4, 0.5) is 0 Å². The molecule has 0 bridgehead atoms. The molecular formula is C21H32O4. The van der Waals surface area contributed by atoms with Crippen molar-refractivity contribution in [2.75, 3.05) is 0 Å². The summed E-state index contributed by atoms with van der Waals surface area (Å²) in [6, 6.07) is 6.06. The predicted octanol–water partition coefficient (Wildman–Crippen LogP) is 5.78. The van der Waals surface area contributed by atoms with Crippen LogP contribution in [0.1, 0.15) is 94.3 Å². The van der Waals surface area contributed by atoms with Crippen LogP contribution >= 0.6 is 0 Å². The van der Waals surface area contributed by atoms with Gasteiger partial charge in [-0.3, -0.25) is 4.79 Å². The molecule has 0 saturated carbocycles. The molecule has 0 aliphatic rings. The number of rotatable bonds is 13. The summed E-state index contributed by atoms with van der Waals surface area (Å²) in [5.41, 5.74) is 0.0230. The van der Waals surface area contributed by atoms with E-state index in [1.165, 1.54) is 63.5 Å². The Labute approximate surface area is 151 Å². The topological polar surface area (TPSA) is 63.6 Å². The molecule has 1 rings (SSSR count). The second-order valence-corrected chi connectivity index (χ2v) is 6.56. The summed E-state index contributed by atoms with van der Waals surface area (Å²) in [4.78, 5) is 23.4. The van der Waals surface area contributed by atoms with Gasteiger partial charge in [0.1, 0.15) is 11.3 Å².